The van der Waals surface area contributed by atoms with Gasteiger partial charge in [-0.1, -0.05) is 0 Å². The highest BCUT2D eigenvalue weighted by Gasteiger charge is 2.09. The van der Waals surface area contributed by atoms with Crippen molar-refractivity contribution in [2.45, 2.75) is 13.3 Å². The van der Waals surface area contributed by atoms with Crippen LogP contribution in [0.5, 0.6) is 0 Å². The summed E-state index contributed by atoms with van der Waals surface area (Å²) in [7, 11) is 0. The van der Waals surface area contributed by atoms with Gasteiger partial charge in [-0.2, -0.15) is 0 Å². The average Bonchev–Trinajstić information content (AvgIpc) is 2.34. The number of thiophene rings is 1. The van der Waals surface area contributed by atoms with E-state index in [2.05, 4.69) is 5.32 Å². The van der Waals surface area contributed by atoms with Crippen LogP contribution in [0.1, 0.15) is 12.0 Å². The van der Waals surface area contributed by atoms with Crippen LogP contribution in [-0.2, 0) is 9.59 Å². The molecule has 4 nitrogen and oxygen atoms in total. The maximum Gasteiger partial charge on any atom is 0.312 e. The molecule has 0 atom stereocenters. The van der Waals surface area contributed by atoms with Crippen LogP contribution in [0.4, 0.5) is 5.00 Å². The van der Waals surface area contributed by atoms with Crippen molar-refractivity contribution in [2.24, 2.45) is 0 Å². The number of hydrogen-bond donors (Lipinski definition) is 2. The van der Waals surface area contributed by atoms with Crippen molar-refractivity contribution >= 4 is 28.2 Å². The molecule has 13 heavy (non-hydrogen) atoms. The molecule has 0 aliphatic heterocycles. The van der Waals surface area contributed by atoms with E-state index in [1.807, 2.05) is 18.4 Å². The van der Waals surface area contributed by atoms with Gasteiger partial charge in [-0.05, 0) is 23.9 Å². The first-order chi connectivity index (χ1) is 6.09. The molecular formula is C8H9NO3S. The summed E-state index contributed by atoms with van der Waals surface area (Å²) in [4.78, 5) is 21.2. The second kappa shape index (κ2) is 4.04. The molecule has 1 aromatic rings. The van der Waals surface area contributed by atoms with Gasteiger partial charge in [-0.3, -0.25) is 9.59 Å². The van der Waals surface area contributed by atoms with Gasteiger partial charge in [0.25, 0.3) is 0 Å². The zero-order valence-electron chi connectivity index (χ0n) is 7.03. The van der Waals surface area contributed by atoms with E-state index in [0.29, 0.717) is 5.00 Å². The molecule has 1 heterocycles. The van der Waals surface area contributed by atoms with Crippen molar-refractivity contribution in [2.75, 3.05) is 5.32 Å². The highest BCUT2D eigenvalue weighted by Crippen LogP contribution is 2.21. The van der Waals surface area contributed by atoms with E-state index in [0.717, 1.165) is 5.56 Å². The van der Waals surface area contributed by atoms with Crippen LogP contribution >= 0.6 is 11.3 Å². The molecule has 0 aliphatic rings. The van der Waals surface area contributed by atoms with Crippen molar-refractivity contribution in [1.29, 1.82) is 0 Å². The van der Waals surface area contributed by atoms with Crippen molar-refractivity contribution in [1.82, 2.24) is 0 Å². The van der Waals surface area contributed by atoms with Crippen molar-refractivity contribution in [3.05, 3.63) is 17.0 Å². The molecule has 1 amide bonds. The molecule has 0 fully saturated rings. The van der Waals surface area contributed by atoms with Crippen LogP contribution < -0.4 is 5.32 Å². The lowest BCUT2D eigenvalue weighted by molar-refractivity contribution is -0.139. The van der Waals surface area contributed by atoms with E-state index in [9.17, 15) is 9.59 Å². The van der Waals surface area contributed by atoms with Gasteiger partial charge in [-0.15, -0.1) is 11.3 Å². The Hall–Kier alpha value is -1.36. The van der Waals surface area contributed by atoms with Crippen LogP contribution in [0, 0.1) is 6.92 Å². The lowest BCUT2D eigenvalue weighted by atomic mass is 10.3. The summed E-state index contributed by atoms with van der Waals surface area (Å²) < 4.78 is 0. The van der Waals surface area contributed by atoms with Crippen LogP contribution in [-0.4, -0.2) is 17.0 Å². The smallest absolute Gasteiger partial charge is 0.312 e. The molecule has 1 aromatic heterocycles. The molecule has 0 radical (unpaired) electrons. The third-order valence-electron chi connectivity index (χ3n) is 1.43. The van der Waals surface area contributed by atoms with Gasteiger partial charge in [0.2, 0.25) is 5.91 Å². The minimum absolute atomic E-state index is 0.488. The first kappa shape index (κ1) is 9.73. The molecule has 0 saturated carbocycles. The van der Waals surface area contributed by atoms with Crippen LogP contribution in [0.3, 0.4) is 0 Å². The summed E-state index contributed by atoms with van der Waals surface area (Å²) in [5.74, 6) is -1.61. The third kappa shape index (κ3) is 2.87. The number of carbonyl (C=O) groups is 2. The topological polar surface area (TPSA) is 66.4 Å². The highest BCUT2D eigenvalue weighted by molar-refractivity contribution is 7.14. The molecule has 5 heteroatoms. The standard InChI is InChI=1S/C8H9NO3S/c1-5-2-3-13-8(5)9-6(10)4-7(11)12/h2-3H,4H2,1H3,(H,9,10)(H,11,12). The van der Waals surface area contributed by atoms with Crippen LogP contribution in [0.15, 0.2) is 11.4 Å². The Kier molecular flexibility index (Phi) is 3.02. The van der Waals surface area contributed by atoms with Gasteiger partial charge in [-0.25, -0.2) is 0 Å². The van der Waals surface area contributed by atoms with Crippen molar-refractivity contribution < 1.29 is 14.7 Å². The van der Waals surface area contributed by atoms with E-state index in [-0.39, 0.29) is 0 Å². The number of carboxylic acid groups (broad SMARTS) is 1. The van der Waals surface area contributed by atoms with E-state index in [4.69, 9.17) is 5.11 Å². The van der Waals surface area contributed by atoms with E-state index < -0.39 is 18.3 Å². The number of anilines is 1. The quantitative estimate of drug-likeness (QED) is 0.724. The largest absolute Gasteiger partial charge is 0.481 e. The Bertz CT molecular complexity index is 332. The van der Waals surface area contributed by atoms with Crippen molar-refractivity contribution in [3.8, 4) is 0 Å². The molecule has 0 bridgehead atoms. The van der Waals surface area contributed by atoms with Crippen LogP contribution in [0.25, 0.3) is 0 Å². The van der Waals surface area contributed by atoms with Gasteiger partial charge in [0.1, 0.15) is 6.42 Å². The second-order valence-corrected chi connectivity index (χ2v) is 3.47. The minimum atomic E-state index is -1.12. The average molecular weight is 199 g/mol. The Morgan fingerprint density at radius 1 is 1.62 bits per heavy atom. The van der Waals surface area contributed by atoms with E-state index >= 15 is 0 Å². The molecule has 0 aliphatic carbocycles. The number of aryl methyl sites for hydroxylation is 1. The van der Waals surface area contributed by atoms with Gasteiger partial charge < -0.3 is 10.4 Å². The summed E-state index contributed by atoms with van der Waals surface area (Å²) in [6.07, 6.45) is -0.489. The van der Waals surface area contributed by atoms with Gasteiger partial charge in [0, 0.05) is 0 Å². The fourth-order valence-corrected chi connectivity index (χ4v) is 1.64. The molecule has 70 valence electrons. The molecule has 0 spiro atoms. The number of rotatable bonds is 3. The third-order valence-corrected chi connectivity index (χ3v) is 2.36. The van der Waals surface area contributed by atoms with Crippen molar-refractivity contribution in [3.63, 3.8) is 0 Å². The summed E-state index contributed by atoms with van der Waals surface area (Å²) in [5.41, 5.74) is 0.948. The van der Waals surface area contributed by atoms with Gasteiger partial charge in [0.15, 0.2) is 0 Å². The number of aliphatic carboxylic acids is 1. The lowest BCUT2D eigenvalue weighted by Gasteiger charge is -2.00. The highest BCUT2D eigenvalue weighted by atomic mass is 32.1. The maximum atomic E-state index is 11.0. The number of hydrogen-bond acceptors (Lipinski definition) is 3. The zero-order chi connectivity index (χ0) is 9.84. The second-order valence-electron chi connectivity index (χ2n) is 2.55. The Morgan fingerprint density at radius 2 is 2.31 bits per heavy atom. The number of carbonyl (C=O) groups excluding carboxylic acids is 1. The Morgan fingerprint density at radius 3 is 2.77 bits per heavy atom. The molecule has 2 N–H and O–H groups in total. The monoisotopic (exact) mass is 199 g/mol. The molecule has 0 unspecified atom stereocenters. The SMILES string of the molecule is Cc1ccsc1NC(=O)CC(=O)O. The van der Waals surface area contributed by atoms with Gasteiger partial charge in [0.05, 0.1) is 5.00 Å². The van der Waals surface area contributed by atoms with Crippen LogP contribution in [0.2, 0.25) is 0 Å². The minimum Gasteiger partial charge on any atom is -0.481 e. The summed E-state index contributed by atoms with van der Waals surface area (Å²) in [6, 6.07) is 1.86. The number of amides is 1. The first-order valence-corrected chi connectivity index (χ1v) is 4.53. The molecule has 0 saturated heterocycles. The number of nitrogens with one attached hydrogen (secondary N) is 1. The predicted molar refractivity (Wildman–Crippen MR) is 49.9 cm³/mol. The maximum absolute atomic E-state index is 11.0. The predicted octanol–water partition coefficient (Wildman–Crippen LogP) is 1.47. The zero-order valence-corrected chi connectivity index (χ0v) is 7.85. The number of carboxylic acids is 1. The van der Waals surface area contributed by atoms with Gasteiger partial charge >= 0.3 is 5.97 Å². The normalized spacial score (nSPS) is 9.62. The summed E-state index contributed by atoms with van der Waals surface area (Å²) in [6.45, 7) is 1.85. The molecule has 0 aromatic carbocycles. The fraction of sp³-hybridized carbons (Fsp3) is 0.250. The van der Waals surface area contributed by atoms with E-state index in [1.165, 1.54) is 11.3 Å². The summed E-state index contributed by atoms with van der Waals surface area (Å²) >= 11 is 1.38. The first-order valence-electron chi connectivity index (χ1n) is 3.65. The fourth-order valence-electron chi connectivity index (χ4n) is 0.809. The molecular weight excluding hydrogens is 190 g/mol. The Labute approximate surface area is 79.2 Å². The Balaban J connectivity index is 2.55. The van der Waals surface area contributed by atoms with E-state index in [1.54, 1.807) is 0 Å². The summed E-state index contributed by atoms with van der Waals surface area (Å²) in [5, 5.41) is 13.4. The lowest BCUT2D eigenvalue weighted by Crippen LogP contribution is -2.15. The molecule has 1 rings (SSSR count).